The maximum absolute atomic E-state index is 10.9. The topological polar surface area (TPSA) is 26.3 Å². The summed E-state index contributed by atoms with van der Waals surface area (Å²) in [5, 5.41) is 2.06. The quantitative estimate of drug-likeness (QED) is 0.607. The molecule has 0 saturated carbocycles. The van der Waals surface area contributed by atoms with E-state index in [0.717, 1.165) is 5.56 Å². The molecule has 1 heterocycles. The number of ether oxygens (including phenoxy) is 1. The first kappa shape index (κ1) is 12.9. The molecule has 0 bridgehead atoms. The zero-order valence-electron chi connectivity index (χ0n) is 9.67. The maximum atomic E-state index is 10.9. The van der Waals surface area contributed by atoms with Crippen molar-refractivity contribution in [1.82, 2.24) is 0 Å². The van der Waals surface area contributed by atoms with Crippen molar-refractivity contribution in [3.05, 3.63) is 60.0 Å². The van der Waals surface area contributed by atoms with Crippen molar-refractivity contribution in [3.63, 3.8) is 0 Å². The summed E-state index contributed by atoms with van der Waals surface area (Å²) in [6.07, 6.45) is 1.17. The van der Waals surface area contributed by atoms with Gasteiger partial charge in [0.15, 0.2) is 0 Å². The van der Waals surface area contributed by atoms with Crippen LogP contribution in [0, 0.1) is 0 Å². The molecule has 0 unspecified atom stereocenters. The van der Waals surface area contributed by atoms with Gasteiger partial charge in [-0.2, -0.15) is 0 Å². The highest BCUT2D eigenvalue weighted by atomic mass is 32.2. The molecule has 4 heteroatoms. The molecule has 0 spiro atoms. The lowest BCUT2D eigenvalue weighted by Crippen LogP contribution is -1.99. The number of hydrogen-bond donors (Lipinski definition) is 0. The van der Waals surface area contributed by atoms with E-state index >= 15 is 0 Å². The van der Waals surface area contributed by atoms with Crippen molar-refractivity contribution in [2.75, 3.05) is 0 Å². The monoisotopic (exact) mass is 276 g/mol. The second-order valence-electron chi connectivity index (χ2n) is 3.49. The highest BCUT2D eigenvalue weighted by Gasteiger charge is 2.00. The van der Waals surface area contributed by atoms with Gasteiger partial charge in [-0.05, 0) is 29.1 Å². The Labute approximate surface area is 114 Å². The Hall–Kier alpha value is -1.52. The number of hydrogen-bond acceptors (Lipinski definition) is 4. The van der Waals surface area contributed by atoms with E-state index in [1.54, 1.807) is 23.1 Å². The van der Waals surface area contributed by atoms with Crippen LogP contribution < -0.4 is 0 Å². The third-order valence-electron chi connectivity index (χ3n) is 2.18. The molecule has 92 valence electrons. The van der Waals surface area contributed by atoms with Gasteiger partial charge in [0.25, 0.3) is 0 Å². The van der Waals surface area contributed by atoms with Gasteiger partial charge < -0.3 is 4.74 Å². The van der Waals surface area contributed by atoms with Gasteiger partial charge in [0, 0.05) is 11.0 Å². The van der Waals surface area contributed by atoms with E-state index in [9.17, 15) is 4.79 Å². The summed E-state index contributed by atoms with van der Waals surface area (Å²) >= 11 is 3.45. The Balaban J connectivity index is 1.93. The molecular weight excluding hydrogens is 264 g/mol. The lowest BCUT2D eigenvalue weighted by Gasteiger charge is -2.03. The summed E-state index contributed by atoms with van der Waals surface area (Å²) in [5.41, 5.74) is 0.973. The lowest BCUT2D eigenvalue weighted by atomic mass is 10.2. The molecule has 1 aromatic carbocycles. The minimum atomic E-state index is -0.396. The molecule has 0 atom stereocenters. The van der Waals surface area contributed by atoms with Crippen LogP contribution in [-0.2, 0) is 16.1 Å². The van der Waals surface area contributed by atoms with Crippen LogP contribution in [0.4, 0.5) is 0 Å². The van der Waals surface area contributed by atoms with Gasteiger partial charge in [0.2, 0.25) is 0 Å². The summed E-state index contributed by atoms with van der Waals surface area (Å²) < 4.78 is 6.23. The van der Waals surface area contributed by atoms with Crippen molar-refractivity contribution >= 4 is 29.1 Å². The van der Waals surface area contributed by atoms with Crippen LogP contribution in [0.5, 0.6) is 0 Å². The first-order chi connectivity index (χ1) is 8.78. The molecule has 0 N–H and O–H groups in total. The van der Waals surface area contributed by atoms with Crippen LogP contribution in [0.15, 0.2) is 63.5 Å². The number of thiophene rings is 1. The van der Waals surface area contributed by atoms with Crippen molar-refractivity contribution in [1.29, 1.82) is 0 Å². The molecule has 0 radical (unpaired) electrons. The SMILES string of the molecule is C=CC(=O)OCc1ccc(Sc2cccs2)cc1. The molecular formula is C14H12O2S2. The molecule has 0 fully saturated rings. The predicted molar refractivity (Wildman–Crippen MR) is 74.9 cm³/mol. The normalized spacial score (nSPS) is 10.0. The fraction of sp³-hybridized carbons (Fsp3) is 0.0714. The highest BCUT2D eigenvalue weighted by molar-refractivity contribution is 8.01. The standard InChI is InChI=1S/C14H12O2S2/c1-2-13(15)16-10-11-5-7-12(8-6-11)18-14-4-3-9-17-14/h2-9H,1,10H2. The fourth-order valence-electron chi connectivity index (χ4n) is 1.30. The lowest BCUT2D eigenvalue weighted by molar-refractivity contribution is -0.138. The summed E-state index contributed by atoms with van der Waals surface area (Å²) in [7, 11) is 0. The van der Waals surface area contributed by atoms with Crippen LogP contribution >= 0.6 is 23.1 Å². The zero-order chi connectivity index (χ0) is 12.8. The molecule has 0 aliphatic heterocycles. The second kappa shape index (κ2) is 6.42. The predicted octanol–water partition coefficient (Wildman–Crippen LogP) is 4.13. The number of esters is 1. The Morgan fingerprint density at radius 1 is 1.33 bits per heavy atom. The van der Waals surface area contributed by atoms with E-state index in [4.69, 9.17) is 4.74 Å². The van der Waals surface area contributed by atoms with E-state index in [0.29, 0.717) is 0 Å². The Bertz CT molecular complexity index is 515. The van der Waals surface area contributed by atoms with Gasteiger partial charge in [-0.1, -0.05) is 36.5 Å². The Morgan fingerprint density at radius 2 is 2.11 bits per heavy atom. The average Bonchev–Trinajstić information content (AvgIpc) is 2.90. The third-order valence-corrected chi connectivity index (χ3v) is 4.23. The number of rotatable bonds is 5. The first-order valence-electron chi connectivity index (χ1n) is 5.37. The second-order valence-corrected chi connectivity index (χ2v) is 5.81. The van der Waals surface area contributed by atoms with Crippen LogP contribution in [0.25, 0.3) is 0 Å². The van der Waals surface area contributed by atoms with Crippen molar-refractivity contribution in [2.24, 2.45) is 0 Å². The summed E-state index contributed by atoms with van der Waals surface area (Å²) in [6, 6.07) is 12.1. The van der Waals surface area contributed by atoms with Gasteiger partial charge in [0.1, 0.15) is 6.61 Å². The molecule has 0 aliphatic rings. The Morgan fingerprint density at radius 3 is 2.72 bits per heavy atom. The average molecular weight is 276 g/mol. The van der Waals surface area contributed by atoms with Gasteiger partial charge in [0.05, 0.1) is 4.21 Å². The molecule has 0 saturated heterocycles. The molecule has 1 aromatic heterocycles. The molecule has 2 nitrogen and oxygen atoms in total. The molecule has 0 aliphatic carbocycles. The number of carbonyl (C=O) groups excluding carboxylic acids is 1. The zero-order valence-corrected chi connectivity index (χ0v) is 11.3. The number of carbonyl (C=O) groups is 1. The van der Waals surface area contributed by atoms with Gasteiger partial charge in [-0.25, -0.2) is 4.79 Å². The van der Waals surface area contributed by atoms with Crippen molar-refractivity contribution < 1.29 is 9.53 Å². The van der Waals surface area contributed by atoms with E-state index in [2.05, 4.69) is 18.0 Å². The summed E-state index contributed by atoms with van der Waals surface area (Å²) in [5.74, 6) is -0.396. The van der Waals surface area contributed by atoms with Crippen LogP contribution in [0.3, 0.4) is 0 Å². The largest absolute Gasteiger partial charge is 0.458 e. The first-order valence-corrected chi connectivity index (χ1v) is 7.07. The maximum Gasteiger partial charge on any atom is 0.330 e. The molecule has 18 heavy (non-hydrogen) atoms. The van der Waals surface area contributed by atoms with Gasteiger partial charge in [-0.15, -0.1) is 11.3 Å². The van der Waals surface area contributed by atoms with E-state index in [1.165, 1.54) is 15.2 Å². The third kappa shape index (κ3) is 3.75. The van der Waals surface area contributed by atoms with Crippen LogP contribution in [0.2, 0.25) is 0 Å². The van der Waals surface area contributed by atoms with E-state index in [1.807, 2.05) is 30.3 Å². The summed E-state index contributed by atoms with van der Waals surface area (Å²) in [6.45, 7) is 3.64. The molecule has 2 aromatic rings. The van der Waals surface area contributed by atoms with Crippen LogP contribution in [0.1, 0.15) is 5.56 Å². The van der Waals surface area contributed by atoms with E-state index in [-0.39, 0.29) is 6.61 Å². The summed E-state index contributed by atoms with van der Waals surface area (Å²) in [4.78, 5) is 12.1. The fourth-order valence-corrected chi connectivity index (χ4v) is 3.05. The molecule has 0 amide bonds. The number of benzene rings is 1. The smallest absolute Gasteiger partial charge is 0.330 e. The van der Waals surface area contributed by atoms with Gasteiger partial charge in [-0.3, -0.25) is 0 Å². The van der Waals surface area contributed by atoms with Gasteiger partial charge >= 0.3 is 5.97 Å². The minimum Gasteiger partial charge on any atom is -0.458 e. The highest BCUT2D eigenvalue weighted by Crippen LogP contribution is 2.31. The van der Waals surface area contributed by atoms with Crippen molar-refractivity contribution in [2.45, 2.75) is 15.7 Å². The van der Waals surface area contributed by atoms with E-state index < -0.39 is 5.97 Å². The van der Waals surface area contributed by atoms with Crippen molar-refractivity contribution in [3.8, 4) is 0 Å². The Kier molecular flexibility index (Phi) is 4.61. The molecule has 2 rings (SSSR count). The minimum absolute atomic E-state index is 0.287. The van der Waals surface area contributed by atoms with Crippen LogP contribution in [-0.4, -0.2) is 5.97 Å².